The highest BCUT2D eigenvalue weighted by atomic mass is 32.2. The second kappa shape index (κ2) is 7.43. The van der Waals surface area contributed by atoms with Crippen molar-refractivity contribution >= 4 is 10.2 Å². The molecule has 1 aliphatic rings. The van der Waals surface area contributed by atoms with E-state index in [9.17, 15) is 8.42 Å². The number of hydrogen-bond donors (Lipinski definition) is 2. The van der Waals surface area contributed by atoms with Gasteiger partial charge < -0.3 is 5.73 Å². The van der Waals surface area contributed by atoms with Gasteiger partial charge in [-0.25, -0.2) is 4.72 Å². The van der Waals surface area contributed by atoms with Gasteiger partial charge in [-0.15, -0.1) is 0 Å². The van der Waals surface area contributed by atoms with Crippen LogP contribution in [0.4, 0.5) is 0 Å². The minimum Gasteiger partial charge on any atom is -0.330 e. The Kier molecular flexibility index (Phi) is 6.55. The molecule has 3 N–H and O–H groups in total. The smallest absolute Gasteiger partial charge is 0.279 e. The monoisotopic (exact) mass is 277 g/mol. The number of nitrogens with two attached hydrogens (primary N) is 1. The van der Waals surface area contributed by atoms with Gasteiger partial charge in [-0.2, -0.15) is 12.7 Å². The van der Waals surface area contributed by atoms with Crippen LogP contribution < -0.4 is 10.5 Å². The Labute approximate surface area is 111 Å². The fourth-order valence-electron chi connectivity index (χ4n) is 2.42. The minimum absolute atomic E-state index is 0.117. The van der Waals surface area contributed by atoms with E-state index in [4.69, 9.17) is 5.73 Å². The largest absolute Gasteiger partial charge is 0.330 e. The lowest BCUT2D eigenvalue weighted by atomic mass is 10.0. The van der Waals surface area contributed by atoms with E-state index >= 15 is 0 Å². The Bertz CT molecular complexity index is 332. The lowest BCUT2D eigenvalue weighted by molar-refractivity contribution is 0.264. The van der Waals surface area contributed by atoms with Crippen molar-refractivity contribution in [2.75, 3.05) is 19.6 Å². The van der Waals surface area contributed by atoms with Gasteiger partial charge in [0.05, 0.1) is 0 Å². The third kappa shape index (κ3) is 4.50. The zero-order valence-electron chi connectivity index (χ0n) is 11.6. The summed E-state index contributed by atoms with van der Waals surface area (Å²) < 4.78 is 28.7. The van der Waals surface area contributed by atoms with Crippen LogP contribution in [0, 0.1) is 5.92 Å². The summed E-state index contributed by atoms with van der Waals surface area (Å²) in [7, 11) is -3.31. The molecule has 0 spiro atoms. The fourth-order valence-corrected chi connectivity index (χ4v) is 3.98. The Morgan fingerprint density at radius 3 is 2.72 bits per heavy atom. The molecule has 1 rings (SSSR count). The van der Waals surface area contributed by atoms with Gasteiger partial charge in [-0.05, 0) is 38.6 Å². The van der Waals surface area contributed by atoms with Crippen molar-refractivity contribution in [3.63, 3.8) is 0 Å². The molecule has 1 heterocycles. The molecule has 0 aromatic heterocycles. The molecular weight excluding hydrogens is 250 g/mol. The number of rotatable bonds is 7. The summed E-state index contributed by atoms with van der Waals surface area (Å²) >= 11 is 0. The van der Waals surface area contributed by atoms with Gasteiger partial charge in [0.2, 0.25) is 0 Å². The highest BCUT2D eigenvalue weighted by Crippen LogP contribution is 2.19. The molecule has 0 bridgehead atoms. The van der Waals surface area contributed by atoms with Crippen LogP contribution in [0.1, 0.15) is 46.0 Å². The van der Waals surface area contributed by atoms with E-state index in [1.165, 1.54) is 0 Å². The molecule has 1 fully saturated rings. The molecule has 0 aromatic carbocycles. The normalized spacial score (nSPS) is 24.1. The maximum absolute atomic E-state index is 12.2. The zero-order chi connectivity index (χ0) is 13.6. The van der Waals surface area contributed by atoms with E-state index in [2.05, 4.69) is 11.6 Å². The van der Waals surface area contributed by atoms with Crippen LogP contribution in [0.25, 0.3) is 0 Å². The fraction of sp³-hybridized carbons (Fsp3) is 1.00. The lowest BCUT2D eigenvalue weighted by Crippen LogP contribution is -2.48. The van der Waals surface area contributed by atoms with Crippen molar-refractivity contribution in [1.82, 2.24) is 9.03 Å². The third-order valence-electron chi connectivity index (χ3n) is 3.76. The highest BCUT2D eigenvalue weighted by Gasteiger charge is 2.29. The number of hydrogen-bond acceptors (Lipinski definition) is 3. The van der Waals surface area contributed by atoms with E-state index in [-0.39, 0.29) is 6.04 Å². The van der Waals surface area contributed by atoms with E-state index in [1.54, 1.807) is 4.31 Å². The van der Waals surface area contributed by atoms with Crippen molar-refractivity contribution in [3.8, 4) is 0 Å². The average Bonchev–Trinajstić information content (AvgIpc) is 2.34. The van der Waals surface area contributed by atoms with E-state index < -0.39 is 10.2 Å². The molecule has 0 radical (unpaired) electrons. The molecule has 2 atom stereocenters. The summed E-state index contributed by atoms with van der Waals surface area (Å²) in [6, 6.07) is 0.117. The SMILES string of the molecule is CCC(CCN)CNS(=O)(=O)N1CCCCC1C. The molecule has 1 saturated heterocycles. The summed E-state index contributed by atoms with van der Waals surface area (Å²) in [5.41, 5.74) is 5.52. The predicted molar refractivity (Wildman–Crippen MR) is 74.4 cm³/mol. The Balaban J connectivity index is 2.52. The quantitative estimate of drug-likeness (QED) is 0.731. The van der Waals surface area contributed by atoms with Crippen LogP contribution in [-0.2, 0) is 10.2 Å². The summed E-state index contributed by atoms with van der Waals surface area (Å²) in [5.74, 6) is 0.338. The Morgan fingerprint density at radius 1 is 1.44 bits per heavy atom. The van der Waals surface area contributed by atoms with Gasteiger partial charge in [-0.1, -0.05) is 19.8 Å². The number of nitrogens with zero attached hydrogens (tertiary/aromatic N) is 1. The van der Waals surface area contributed by atoms with E-state index in [1.807, 2.05) is 6.92 Å². The Morgan fingerprint density at radius 2 is 2.17 bits per heavy atom. The summed E-state index contributed by atoms with van der Waals surface area (Å²) in [5, 5.41) is 0. The van der Waals surface area contributed by atoms with Crippen LogP contribution in [-0.4, -0.2) is 38.4 Å². The van der Waals surface area contributed by atoms with Crippen LogP contribution in [0.15, 0.2) is 0 Å². The maximum atomic E-state index is 12.2. The maximum Gasteiger partial charge on any atom is 0.279 e. The van der Waals surface area contributed by atoms with Gasteiger partial charge >= 0.3 is 0 Å². The summed E-state index contributed by atoms with van der Waals surface area (Å²) in [6.07, 6.45) is 4.87. The molecule has 18 heavy (non-hydrogen) atoms. The molecule has 108 valence electrons. The molecule has 5 nitrogen and oxygen atoms in total. The number of nitrogens with one attached hydrogen (secondary N) is 1. The second-order valence-electron chi connectivity index (χ2n) is 5.16. The van der Waals surface area contributed by atoms with Crippen LogP contribution in [0.5, 0.6) is 0 Å². The average molecular weight is 277 g/mol. The first kappa shape index (κ1) is 15.9. The first-order valence-corrected chi connectivity index (χ1v) is 8.41. The van der Waals surface area contributed by atoms with Crippen LogP contribution >= 0.6 is 0 Å². The van der Waals surface area contributed by atoms with Gasteiger partial charge in [0.25, 0.3) is 10.2 Å². The topological polar surface area (TPSA) is 75.4 Å². The van der Waals surface area contributed by atoms with Gasteiger partial charge in [0.15, 0.2) is 0 Å². The summed E-state index contributed by atoms with van der Waals surface area (Å²) in [4.78, 5) is 0. The first-order chi connectivity index (χ1) is 8.51. The van der Waals surface area contributed by atoms with E-state index in [0.717, 1.165) is 32.1 Å². The van der Waals surface area contributed by atoms with Crippen molar-refractivity contribution < 1.29 is 8.42 Å². The number of piperidine rings is 1. The second-order valence-corrected chi connectivity index (χ2v) is 6.87. The van der Waals surface area contributed by atoms with Gasteiger partial charge in [0, 0.05) is 19.1 Å². The highest BCUT2D eigenvalue weighted by molar-refractivity contribution is 7.87. The first-order valence-electron chi connectivity index (χ1n) is 6.97. The van der Waals surface area contributed by atoms with Gasteiger partial charge in [-0.3, -0.25) is 0 Å². The predicted octanol–water partition coefficient (Wildman–Crippen LogP) is 1.07. The van der Waals surface area contributed by atoms with Gasteiger partial charge in [0.1, 0.15) is 0 Å². The van der Waals surface area contributed by atoms with Crippen molar-refractivity contribution in [2.24, 2.45) is 11.7 Å². The van der Waals surface area contributed by atoms with Crippen molar-refractivity contribution in [1.29, 1.82) is 0 Å². The Hall–Kier alpha value is -0.170. The summed E-state index contributed by atoms with van der Waals surface area (Å²) in [6.45, 7) is 5.80. The molecule has 2 unspecified atom stereocenters. The third-order valence-corrected chi connectivity index (χ3v) is 5.45. The van der Waals surface area contributed by atoms with E-state index in [0.29, 0.717) is 25.6 Å². The molecule has 0 saturated carbocycles. The molecule has 1 aliphatic heterocycles. The van der Waals surface area contributed by atoms with Crippen LogP contribution in [0.2, 0.25) is 0 Å². The lowest BCUT2D eigenvalue weighted by Gasteiger charge is -2.32. The minimum atomic E-state index is -3.31. The molecule has 0 amide bonds. The van der Waals surface area contributed by atoms with Crippen molar-refractivity contribution in [3.05, 3.63) is 0 Å². The molecule has 0 aromatic rings. The van der Waals surface area contributed by atoms with Crippen molar-refractivity contribution in [2.45, 2.75) is 52.0 Å². The zero-order valence-corrected chi connectivity index (χ0v) is 12.4. The molecule has 0 aliphatic carbocycles. The van der Waals surface area contributed by atoms with Crippen LogP contribution in [0.3, 0.4) is 0 Å². The molecule has 6 heteroatoms. The standard InChI is InChI=1S/C12H27N3O2S/c1-3-12(7-8-13)10-14-18(16,17)15-9-5-4-6-11(15)2/h11-12,14H,3-10,13H2,1-2H3. The molecular formula is C12H27N3O2S.